The van der Waals surface area contributed by atoms with Crippen LogP contribution in [0.5, 0.6) is 11.5 Å². The second-order valence-corrected chi connectivity index (χ2v) is 41.3. The number of amides is 8. The molecule has 140 heavy (non-hydrogen) atoms. The van der Waals surface area contributed by atoms with Gasteiger partial charge in [0, 0.05) is 68.3 Å². The third-order valence-corrected chi connectivity index (χ3v) is 26.8. The molecule has 13 rings (SSSR count). The number of nitrogens with zero attached hydrogens (tertiary/aromatic N) is 2. The Morgan fingerprint density at radius 3 is 1.67 bits per heavy atom. The zero-order valence-electron chi connectivity index (χ0n) is 81.9. The number of rotatable bonds is 37. The lowest BCUT2D eigenvalue weighted by molar-refractivity contribution is -0.143. The topological polar surface area (TPSA) is 412 Å². The van der Waals surface area contributed by atoms with Crippen LogP contribution in [0.2, 0.25) is 0 Å². The highest BCUT2D eigenvalue weighted by molar-refractivity contribution is 7.90. The van der Waals surface area contributed by atoms with Crippen LogP contribution in [-0.2, 0) is 93.8 Å². The lowest BCUT2D eigenvalue weighted by Gasteiger charge is -2.37. The van der Waals surface area contributed by atoms with Crippen LogP contribution in [0.15, 0.2) is 229 Å². The summed E-state index contributed by atoms with van der Waals surface area (Å²) in [6, 6.07) is 54.4. The number of carboxylic acid groups (broad SMARTS) is 1. The van der Waals surface area contributed by atoms with Crippen LogP contribution < -0.4 is 56.7 Å². The first-order chi connectivity index (χ1) is 66.3. The van der Waals surface area contributed by atoms with Gasteiger partial charge in [-0.25, -0.2) is 27.5 Å². The van der Waals surface area contributed by atoms with Crippen LogP contribution in [-0.4, -0.2) is 179 Å². The molecular formula is C109H128N12O18S. The van der Waals surface area contributed by atoms with E-state index in [4.69, 9.17) is 29.1 Å². The fraction of sp³-hybridized carbons (Fsp3) is 0.385. The normalized spacial score (nSPS) is 15.5. The molecule has 0 spiro atoms. The molecule has 31 heteroatoms. The van der Waals surface area contributed by atoms with Gasteiger partial charge in [-0.1, -0.05) is 200 Å². The minimum atomic E-state index is -4.44. The summed E-state index contributed by atoms with van der Waals surface area (Å²) < 4.78 is 63.4. The van der Waals surface area contributed by atoms with Gasteiger partial charge in [0.05, 0.1) is 22.1 Å². The molecule has 1 saturated heterocycles. The Kier molecular flexibility index (Phi) is 32.3. The minimum absolute atomic E-state index is 0.0240. The number of carbonyl (C=O) groups excluding carboxylic acids is 9. The molecular weight excluding hydrogens is 1800 g/mol. The minimum Gasteiger partial charge on any atom is -0.488 e. The van der Waals surface area contributed by atoms with Crippen molar-refractivity contribution in [2.45, 2.75) is 255 Å². The van der Waals surface area contributed by atoms with Crippen molar-refractivity contribution < 1.29 is 85.2 Å². The van der Waals surface area contributed by atoms with E-state index in [1.54, 1.807) is 141 Å². The number of para-hydroxylation sites is 1. The van der Waals surface area contributed by atoms with E-state index in [1.165, 1.54) is 22.6 Å². The summed E-state index contributed by atoms with van der Waals surface area (Å²) in [5.74, 6) is -7.56. The summed E-state index contributed by atoms with van der Waals surface area (Å²) in [7, 11) is -4.44. The zero-order chi connectivity index (χ0) is 101. The third-order valence-electron chi connectivity index (χ3n) is 25.1. The Hall–Kier alpha value is -14.2. The Morgan fingerprint density at radius 2 is 1.09 bits per heavy atom. The average Bonchev–Trinajstić information content (AvgIpc) is 1.43. The van der Waals surface area contributed by atoms with E-state index in [-0.39, 0.29) is 62.6 Å². The number of likely N-dealkylation sites (tertiary alicyclic amines) is 1. The highest BCUT2D eigenvalue weighted by Crippen LogP contribution is 2.47. The smallest absolute Gasteiger partial charge is 0.419 e. The molecule has 1 fully saturated rings. The van der Waals surface area contributed by atoms with Crippen LogP contribution in [0.3, 0.4) is 0 Å². The molecule has 10 aromatic rings. The maximum absolute atomic E-state index is 16.3. The highest BCUT2D eigenvalue weighted by Gasteiger charge is 2.45. The van der Waals surface area contributed by atoms with E-state index in [0.29, 0.717) is 85.3 Å². The van der Waals surface area contributed by atoms with E-state index in [1.807, 2.05) is 174 Å². The summed E-state index contributed by atoms with van der Waals surface area (Å²) in [6.07, 6.45) is -2.95. The van der Waals surface area contributed by atoms with Crippen LogP contribution in [0, 0.1) is 26.2 Å². The number of carboxylic acids is 1. The number of aliphatic carboxylic acids is 1. The maximum Gasteiger partial charge on any atom is 0.419 e. The number of ether oxygens (including phenoxy) is 5. The molecule has 9 aromatic carbocycles. The number of guanidine groups is 1. The van der Waals surface area contributed by atoms with Crippen molar-refractivity contribution in [3.63, 3.8) is 0 Å². The summed E-state index contributed by atoms with van der Waals surface area (Å²) in [4.78, 5) is 154. The SMILES string of the molecule is Cc1c(C)c(S(=O)(=O)NC(=N)NCCC[C@H](NC(=O)[C@H](CCC(=O)NC(c2ccccc2)(c2ccccc2)c2ccccc2)NC(=O)[C@@H](NC(=O)[C@H](Cc2cn(C(=O)OC(C)(C)C)c3ccccc23)NC(=O)[C@@H]2CCCN2C(=O)[C@H](Cc2ccc(OC(C)(C)C)cc2)NC(=O)OCC2c3ccccc3-c3ccccc32)C(C)OC(C)(C)C)C(=O)N[C@@H](Cc2ccccc2)C(=O)O)c(C)c2c1OC(C)(C)C2. The van der Waals surface area contributed by atoms with E-state index < -0.39 is 171 Å². The summed E-state index contributed by atoms with van der Waals surface area (Å²) in [6.45, 7) is 26.1. The summed E-state index contributed by atoms with van der Waals surface area (Å²) in [5.41, 5.74) is 5.35. The number of hydrogen-bond donors (Lipinski definition) is 11. The lowest BCUT2D eigenvalue weighted by atomic mass is 9.77. The van der Waals surface area contributed by atoms with Gasteiger partial charge >= 0.3 is 18.2 Å². The predicted octanol–water partition coefficient (Wildman–Crippen LogP) is 14.1. The van der Waals surface area contributed by atoms with Gasteiger partial charge in [-0.05, 0) is 226 Å². The van der Waals surface area contributed by atoms with E-state index in [9.17, 15) is 27.9 Å². The van der Waals surface area contributed by atoms with Gasteiger partial charge in [-0.15, -0.1) is 0 Å². The van der Waals surface area contributed by atoms with E-state index >= 15 is 33.6 Å². The van der Waals surface area contributed by atoms with Crippen molar-refractivity contribution in [1.29, 1.82) is 5.41 Å². The molecule has 11 N–H and O–H groups in total. The van der Waals surface area contributed by atoms with Crippen molar-refractivity contribution in [3.8, 4) is 22.6 Å². The molecule has 0 radical (unpaired) electrons. The van der Waals surface area contributed by atoms with Gasteiger partial charge in [-0.2, -0.15) is 0 Å². The standard InChI is InChI=1S/C109H128N12O18S/c1-66-67(2)94(68(3)82-63-108(14,15)138-93(66)82)140(133,134)119-102(110)111-58-34-49-84(95(123)115-88(101(129)130)61-70-36-20-16-21-37-70)112-96(124)85(56-57-91(122)118-109(73-38-22-17-23-39-73,74-40-24-18-25-41-74)75-42-26-19-27-43-75)113-99(127)92(69(4)136-105(5,6)7)117-97(125)86(62-72-64-121(104(132)139-107(11,12)13)89-50-33-32-44-77(72)89)114-98(126)90-51-35-59-120(90)100(128)87(60-71-52-54-76(55-53-71)137-106(8,9)10)116-103(131)135-65-83-80-47-30-28-45-78(80)79-46-29-31-48-81(79)83/h16-33,36-48,50,52-55,64,69,83-88,90,92H,34-35,49,51,56-63,65H2,1-15H3,(H,112,124)(H,113,127)(H,114,126)(H,115,123)(H,116,131)(H,117,125)(H,118,122)(H,129,130)(H3,110,111,119)/t69?,84-,85-,86-,87-,88-,90-,92-/m0/s1. The van der Waals surface area contributed by atoms with Gasteiger partial charge in [0.1, 0.15) is 82.7 Å². The van der Waals surface area contributed by atoms with Crippen molar-refractivity contribution >= 4 is 86.4 Å². The number of benzene rings is 9. The van der Waals surface area contributed by atoms with Crippen LogP contribution in [0.4, 0.5) is 9.59 Å². The third kappa shape index (κ3) is 25.5. The molecule has 0 bridgehead atoms. The molecule has 2 aliphatic heterocycles. The fourth-order valence-corrected chi connectivity index (χ4v) is 20.3. The largest absolute Gasteiger partial charge is 0.488 e. The molecule has 8 atom stereocenters. The van der Waals surface area contributed by atoms with Gasteiger partial charge < -0.3 is 76.2 Å². The summed E-state index contributed by atoms with van der Waals surface area (Å²) in [5, 5.41) is 43.1. The average molecular weight is 1930 g/mol. The van der Waals surface area contributed by atoms with Gasteiger partial charge in [0.15, 0.2) is 0 Å². The van der Waals surface area contributed by atoms with E-state index in [2.05, 4.69) is 47.3 Å². The number of alkyl carbamates (subject to hydrolysis) is 1. The van der Waals surface area contributed by atoms with Crippen molar-refractivity contribution in [1.82, 2.24) is 56.7 Å². The summed E-state index contributed by atoms with van der Waals surface area (Å²) >= 11 is 0. The first-order valence-electron chi connectivity index (χ1n) is 47.5. The van der Waals surface area contributed by atoms with Crippen LogP contribution in [0.1, 0.15) is 194 Å². The second-order valence-electron chi connectivity index (χ2n) is 39.7. The molecule has 8 amide bonds. The molecule has 0 saturated carbocycles. The zero-order valence-corrected chi connectivity index (χ0v) is 82.8. The fourth-order valence-electron chi connectivity index (χ4n) is 18.7. The Morgan fingerprint density at radius 1 is 0.564 bits per heavy atom. The number of nitrogens with one attached hydrogen (secondary N) is 10. The van der Waals surface area contributed by atoms with E-state index in [0.717, 1.165) is 27.8 Å². The number of hydrogen-bond acceptors (Lipinski definition) is 18. The first kappa shape index (κ1) is 103. The number of fused-ring (bicyclic) bond motifs is 5. The molecule has 1 aromatic heterocycles. The monoisotopic (exact) mass is 1920 g/mol. The molecule has 1 aliphatic carbocycles. The van der Waals surface area contributed by atoms with Crippen molar-refractivity contribution in [2.24, 2.45) is 0 Å². The number of carbonyl (C=O) groups is 10. The van der Waals surface area contributed by atoms with Gasteiger partial charge in [-0.3, -0.25) is 43.5 Å². The highest BCUT2D eigenvalue weighted by atomic mass is 32.2. The van der Waals surface area contributed by atoms with Gasteiger partial charge in [0.2, 0.25) is 47.3 Å². The quantitative estimate of drug-likeness (QED) is 0.00745. The maximum atomic E-state index is 16.3. The number of aromatic nitrogens is 1. The molecule has 1 unspecified atom stereocenters. The van der Waals surface area contributed by atoms with Crippen LogP contribution >= 0.6 is 0 Å². The Labute approximate surface area is 817 Å². The van der Waals surface area contributed by atoms with Crippen molar-refractivity contribution in [2.75, 3.05) is 19.7 Å². The van der Waals surface area contributed by atoms with Crippen molar-refractivity contribution in [3.05, 3.63) is 291 Å². The molecule has 3 aliphatic rings. The number of sulfonamides is 1. The molecule has 738 valence electrons. The molecule has 30 nitrogen and oxygen atoms in total. The predicted molar refractivity (Wildman–Crippen MR) is 533 cm³/mol. The second kappa shape index (κ2) is 43.9. The first-order valence-corrected chi connectivity index (χ1v) is 49.0. The van der Waals surface area contributed by atoms with Gasteiger partial charge in [0.25, 0.3) is 10.0 Å². The molecule has 3 heterocycles. The lowest BCUT2D eigenvalue weighted by Crippen LogP contribution is -2.62. The Bertz CT molecular complexity index is 6190. The van der Waals surface area contributed by atoms with Crippen LogP contribution in [0.25, 0.3) is 22.0 Å². The Balaban J connectivity index is 0.834.